The van der Waals surface area contributed by atoms with Crippen molar-refractivity contribution in [2.45, 2.75) is 39.7 Å². The van der Waals surface area contributed by atoms with Crippen LogP contribution < -0.4 is 10.5 Å². The minimum absolute atomic E-state index is 0.126. The van der Waals surface area contributed by atoms with Crippen LogP contribution in [0.1, 0.15) is 37.8 Å². The van der Waals surface area contributed by atoms with Crippen LogP contribution in [0, 0.1) is 6.92 Å². The molecule has 2 N–H and O–H groups in total. The van der Waals surface area contributed by atoms with Crippen molar-refractivity contribution in [3.8, 4) is 5.75 Å². The van der Waals surface area contributed by atoms with Crippen LogP contribution in [0.5, 0.6) is 5.75 Å². The van der Waals surface area contributed by atoms with Gasteiger partial charge in [0, 0.05) is 0 Å². The standard InChI is InChI=1S/C15H23NO3/c1-5-18-15(17)13(16)9-19-14-8-12(10(2)3)7-6-11(14)4/h6-8,10,13H,5,9,16H2,1-4H3. The monoisotopic (exact) mass is 265 g/mol. The van der Waals surface area contributed by atoms with Crippen LogP contribution in [0.4, 0.5) is 0 Å². The molecule has 0 aliphatic heterocycles. The lowest BCUT2D eigenvalue weighted by atomic mass is 10.0. The molecule has 0 bridgehead atoms. The Hall–Kier alpha value is -1.55. The lowest BCUT2D eigenvalue weighted by molar-refractivity contribution is -0.145. The minimum atomic E-state index is -0.748. The second-order valence-electron chi connectivity index (χ2n) is 4.85. The fourth-order valence-corrected chi connectivity index (χ4v) is 1.63. The Balaban J connectivity index is 2.66. The lowest BCUT2D eigenvalue weighted by Crippen LogP contribution is -2.37. The van der Waals surface area contributed by atoms with Gasteiger partial charge in [0.25, 0.3) is 0 Å². The van der Waals surface area contributed by atoms with Crippen molar-refractivity contribution in [1.82, 2.24) is 0 Å². The van der Waals surface area contributed by atoms with Crippen molar-refractivity contribution in [2.24, 2.45) is 5.73 Å². The largest absolute Gasteiger partial charge is 0.491 e. The zero-order valence-electron chi connectivity index (χ0n) is 12.1. The molecular formula is C15H23NO3. The van der Waals surface area contributed by atoms with Crippen LogP contribution >= 0.6 is 0 Å². The minimum Gasteiger partial charge on any atom is -0.491 e. The molecule has 0 fully saturated rings. The van der Waals surface area contributed by atoms with Gasteiger partial charge in [-0.05, 0) is 37.0 Å². The summed E-state index contributed by atoms with van der Waals surface area (Å²) in [5, 5.41) is 0. The number of hydrogen-bond acceptors (Lipinski definition) is 4. The van der Waals surface area contributed by atoms with E-state index in [2.05, 4.69) is 19.9 Å². The van der Waals surface area contributed by atoms with E-state index in [4.69, 9.17) is 15.2 Å². The number of nitrogens with two attached hydrogens (primary N) is 1. The van der Waals surface area contributed by atoms with Crippen molar-refractivity contribution in [3.63, 3.8) is 0 Å². The van der Waals surface area contributed by atoms with E-state index < -0.39 is 12.0 Å². The van der Waals surface area contributed by atoms with E-state index in [1.54, 1.807) is 6.92 Å². The van der Waals surface area contributed by atoms with E-state index >= 15 is 0 Å². The number of benzene rings is 1. The van der Waals surface area contributed by atoms with Gasteiger partial charge in [0.05, 0.1) is 6.61 Å². The molecule has 0 aliphatic carbocycles. The Morgan fingerprint density at radius 3 is 2.63 bits per heavy atom. The molecule has 0 saturated carbocycles. The SMILES string of the molecule is CCOC(=O)C(N)COc1cc(C(C)C)ccc1C. The Labute approximate surface area is 114 Å². The average molecular weight is 265 g/mol. The van der Waals surface area contributed by atoms with Gasteiger partial charge in [-0.2, -0.15) is 0 Å². The Kier molecular flexibility index (Phi) is 5.83. The molecule has 1 rings (SSSR count). The van der Waals surface area contributed by atoms with Gasteiger partial charge in [0.15, 0.2) is 0 Å². The maximum atomic E-state index is 11.4. The lowest BCUT2D eigenvalue weighted by Gasteiger charge is -2.15. The third-order valence-electron chi connectivity index (χ3n) is 2.89. The molecule has 0 radical (unpaired) electrons. The molecule has 0 saturated heterocycles. The first kappa shape index (κ1) is 15.5. The summed E-state index contributed by atoms with van der Waals surface area (Å²) in [6, 6.07) is 5.35. The van der Waals surface area contributed by atoms with Crippen LogP contribution in [0.25, 0.3) is 0 Å². The summed E-state index contributed by atoms with van der Waals surface area (Å²) >= 11 is 0. The highest BCUT2D eigenvalue weighted by Gasteiger charge is 2.16. The number of aryl methyl sites for hydroxylation is 1. The summed E-state index contributed by atoms with van der Waals surface area (Å²) in [5.74, 6) is 0.771. The first-order chi connectivity index (χ1) is 8.95. The third-order valence-corrected chi connectivity index (χ3v) is 2.89. The summed E-state index contributed by atoms with van der Waals surface area (Å²) in [7, 11) is 0. The molecule has 0 amide bonds. The van der Waals surface area contributed by atoms with Gasteiger partial charge in [0.2, 0.25) is 0 Å². The second-order valence-corrected chi connectivity index (χ2v) is 4.85. The van der Waals surface area contributed by atoms with Crippen LogP contribution in [0.15, 0.2) is 18.2 Å². The summed E-state index contributed by atoms with van der Waals surface area (Å²) in [5.41, 5.74) is 7.93. The highest BCUT2D eigenvalue weighted by Crippen LogP contribution is 2.24. The molecular weight excluding hydrogens is 242 g/mol. The first-order valence-corrected chi connectivity index (χ1v) is 6.61. The van der Waals surface area contributed by atoms with Crippen molar-refractivity contribution in [3.05, 3.63) is 29.3 Å². The topological polar surface area (TPSA) is 61.5 Å². The van der Waals surface area contributed by atoms with Crippen LogP contribution in [0.2, 0.25) is 0 Å². The predicted molar refractivity (Wildman–Crippen MR) is 75.4 cm³/mol. The highest BCUT2D eigenvalue weighted by atomic mass is 16.5. The smallest absolute Gasteiger partial charge is 0.326 e. The molecule has 0 aliphatic rings. The number of esters is 1. The number of carbonyl (C=O) groups is 1. The highest BCUT2D eigenvalue weighted by molar-refractivity contribution is 5.75. The van der Waals surface area contributed by atoms with Crippen LogP contribution in [0.3, 0.4) is 0 Å². The van der Waals surface area contributed by atoms with Gasteiger partial charge in [-0.25, -0.2) is 0 Å². The van der Waals surface area contributed by atoms with Crippen LogP contribution in [-0.4, -0.2) is 25.2 Å². The van der Waals surface area contributed by atoms with Crippen molar-refractivity contribution >= 4 is 5.97 Å². The van der Waals surface area contributed by atoms with Crippen molar-refractivity contribution in [2.75, 3.05) is 13.2 Å². The molecule has 0 aromatic heterocycles. The van der Waals surface area contributed by atoms with E-state index in [1.165, 1.54) is 5.56 Å². The quantitative estimate of drug-likeness (QED) is 0.802. The summed E-state index contributed by atoms with van der Waals surface area (Å²) < 4.78 is 10.5. The van der Waals surface area contributed by atoms with Crippen LogP contribution in [-0.2, 0) is 9.53 Å². The normalized spacial score (nSPS) is 12.3. The molecule has 4 heteroatoms. The molecule has 19 heavy (non-hydrogen) atoms. The van der Waals surface area contributed by atoms with E-state index in [-0.39, 0.29) is 6.61 Å². The van der Waals surface area contributed by atoms with E-state index in [0.717, 1.165) is 11.3 Å². The van der Waals surface area contributed by atoms with Gasteiger partial charge in [-0.3, -0.25) is 4.79 Å². The van der Waals surface area contributed by atoms with Crippen molar-refractivity contribution in [1.29, 1.82) is 0 Å². The zero-order chi connectivity index (χ0) is 14.4. The van der Waals surface area contributed by atoms with Gasteiger partial charge < -0.3 is 15.2 Å². The number of rotatable bonds is 6. The summed E-state index contributed by atoms with van der Waals surface area (Å²) in [6.45, 7) is 8.42. The van der Waals surface area contributed by atoms with Gasteiger partial charge in [-0.15, -0.1) is 0 Å². The summed E-state index contributed by atoms with van der Waals surface area (Å²) in [4.78, 5) is 11.4. The Bertz CT molecular complexity index is 429. The second kappa shape index (κ2) is 7.14. The fourth-order valence-electron chi connectivity index (χ4n) is 1.63. The number of hydrogen-bond donors (Lipinski definition) is 1. The molecule has 106 valence electrons. The van der Waals surface area contributed by atoms with E-state index in [1.807, 2.05) is 19.1 Å². The molecule has 4 nitrogen and oxygen atoms in total. The van der Waals surface area contributed by atoms with E-state index in [0.29, 0.717) is 12.5 Å². The molecule has 1 atom stereocenters. The number of carbonyl (C=O) groups excluding carboxylic acids is 1. The van der Waals surface area contributed by atoms with Gasteiger partial charge in [0.1, 0.15) is 18.4 Å². The Morgan fingerprint density at radius 1 is 1.37 bits per heavy atom. The van der Waals surface area contributed by atoms with E-state index in [9.17, 15) is 4.79 Å². The maximum Gasteiger partial charge on any atom is 0.326 e. The zero-order valence-corrected chi connectivity index (χ0v) is 12.1. The molecule has 1 aromatic carbocycles. The predicted octanol–water partition coefficient (Wildman–Crippen LogP) is 2.39. The van der Waals surface area contributed by atoms with Crippen molar-refractivity contribution < 1.29 is 14.3 Å². The molecule has 1 unspecified atom stereocenters. The first-order valence-electron chi connectivity index (χ1n) is 6.61. The Morgan fingerprint density at radius 2 is 2.05 bits per heavy atom. The maximum absolute atomic E-state index is 11.4. The fraction of sp³-hybridized carbons (Fsp3) is 0.533. The third kappa shape index (κ3) is 4.56. The molecule has 1 aromatic rings. The summed E-state index contributed by atoms with van der Waals surface area (Å²) in [6.07, 6.45) is 0. The molecule has 0 heterocycles. The molecule has 0 spiro atoms. The average Bonchev–Trinajstić information content (AvgIpc) is 2.37. The van der Waals surface area contributed by atoms with Gasteiger partial charge in [-0.1, -0.05) is 26.0 Å². The number of ether oxygens (including phenoxy) is 2. The van der Waals surface area contributed by atoms with Gasteiger partial charge >= 0.3 is 5.97 Å².